The maximum atomic E-state index is 12.6. The maximum Gasteiger partial charge on any atom is 0.234 e. The highest BCUT2D eigenvalue weighted by Crippen LogP contribution is 2.68. The first-order valence-corrected chi connectivity index (χ1v) is 17.9. The van der Waals surface area contributed by atoms with Crippen molar-refractivity contribution in [1.82, 2.24) is 10.6 Å². The van der Waals surface area contributed by atoms with E-state index in [1.54, 1.807) is 0 Å². The normalized spacial score (nSPS) is 39.3. The molecule has 0 spiro atoms. The number of fused-ring (bicyclic) bond motifs is 5. The van der Waals surface area contributed by atoms with Crippen LogP contribution in [0.25, 0.3) is 0 Å². The van der Waals surface area contributed by atoms with Gasteiger partial charge in [-0.3, -0.25) is 4.79 Å². The molecule has 38 heavy (non-hydrogen) atoms. The number of nitrogens with one attached hydrogen (secondary N) is 2. The lowest BCUT2D eigenvalue weighted by Crippen LogP contribution is -2.56. The first-order chi connectivity index (χ1) is 18.2. The van der Waals surface area contributed by atoms with Crippen LogP contribution in [0, 0.1) is 52.3 Å². The Balaban J connectivity index is 1.28. The molecule has 9 atom stereocenters. The second-order valence-electron chi connectivity index (χ2n) is 15.0. The fraction of sp³-hybridized carbons (Fsp3) is 0.971. The summed E-state index contributed by atoms with van der Waals surface area (Å²) in [5, 5.41) is 6.78. The van der Waals surface area contributed by atoms with E-state index in [0.717, 1.165) is 54.4 Å². The molecule has 0 aliphatic heterocycles. The van der Waals surface area contributed by atoms with E-state index < -0.39 is 0 Å². The average molecular weight is 547 g/mol. The molecule has 0 aromatic rings. The standard InChI is InChI=1S/C34H62N2OS/c1-7-38-21-9-20-35-23-32(37)36-27-16-18-33(5)26(22-27)12-13-28-30-15-14-29(25(4)11-8-10-24(2)3)34(30,6)19-17-31(28)33/h24-31,35H,7-23H2,1-6H3,(H,36,37). The number of carbonyl (C=O) groups is 1. The van der Waals surface area contributed by atoms with Crippen molar-refractivity contribution in [2.45, 2.75) is 131 Å². The second kappa shape index (κ2) is 13.6. The summed E-state index contributed by atoms with van der Waals surface area (Å²) in [4.78, 5) is 12.6. The molecule has 4 fully saturated rings. The zero-order chi connectivity index (χ0) is 27.3. The van der Waals surface area contributed by atoms with Gasteiger partial charge >= 0.3 is 0 Å². The Bertz CT molecular complexity index is 757. The minimum Gasteiger partial charge on any atom is -0.352 e. The van der Waals surface area contributed by atoms with Gasteiger partial charge in [0.05, 0.1) is 6.54 Å². The van der Waals surface area contributed by atoms with Crippen LogP contribution in [-0.4, -0.2) is 36.5 Å². The highest BCUT2D eigenvalue weighted by molar-refractivity contribution is 7.99. The molecule has 0 radical (unpaired) electrons. The quantitative estimate of drug-likeness (QED) is 0.228. The molecule has 4 saturated carbocycles. The molecular formula is C34H62N2OS. The van der Waals surface area contributed by atoms with E-state index in [0.29, 0.717) is 23.4 Å². The summed E-state index contributed by atoms with van der Waals surface area (Å²) in [6.07, 6.45) is 17.9. The Morgan fingerprint density at radius 1 is 0.921 bits per heavy atom. The van der Waals surface area contributed by atoms with E-state index >= 15 is 0 Å². The van der Waals surface area contributed by atoms with Gasteiger partial charge in [-0.2, -0.15) is 11.8 Å². The third-order valence-electron chi connectivity index (χ3n) is 12.4. The van der Waals surface area contributed by atoms with Gasteiger partial charge in [-0.05, 0) is 135 Å². The summed E-state index contributed by atoms with van der Waals surface area (Å²) >= 11 is 1.98. The molecule has 4 heteroatoms. The average Bonchev–Trinajstić information content (AvgIpc) is 3.23. The Labute approximate surface area is 240 Å². The lowest BCUT2D eigenvalue weighted by atomic mass is 9.44. The zero-order valence-electron chi connectivity index (χ0n) is 26.0. The van der Waals surface area contributed by atoms with Crippen LogP contribution in [-0.2, 0) is 4.79 Å². The van der Waals surface area contributed by atoms with Gasteiger partial charge in [0.2, 0.25) is 5.91 Å². The van der Waals surface area contributed by atoms with Crippen LogP contribution in [0.2, 0.25) is 0 Å². The first kappa shape index (κ1) is 30.7. The smallest absolute Gasteiger partial charge is 0.234 e. The van der Waals surface area contributed by atoms with E-state index in [2.05, 4.69) is 52.2 Å². The molecule has 2 N–H and O–H groups in total. The third-order valence-corrected chi connectivity index (χ3v) is 13.3. The first-order valence-electron chi connectivity index (χ1n) is 16.8. The summed E-state index contributed by atoms with van der Waals surface area (Å²) in [6, 6.07) is 0.394. The van der Waals surface area contributed by atoms with Crippen molar-refractivity contribution in [2.75, 3.05) is 24.6 Å². The molecular weight excluding hydrogens is 484 g/mol. The number of amides is 1. The molecule has 0 aromatic carbocycles. The van der Waals surface area contributed by atoms with Gasteiger partial charge in [0.25, 0.3) is 0 Å². The molecule has 0 heterocycles. The van der Waals surface area contributed by atoms with Gasteiger partial charge in [-0.25, -0.2) is 0 Å². The number of hydrogen-bond donors (Lipinski definition) is 2. The van der Waals surface area contributed by atoms with Gasteiger partial charge < -0.3 is 10.6 Å². The molecule has 220 valence electrons. The summed E-state index contributed by atoms with van der Waals surface area (Å²) in [5.74, 6) is 8.94. The maximum absolute atomic E-state index is 12.6. The fourth-order valence-electron chi connectivity index (χ4n) is 10.3. The summed E-state index contributed by atoms with van der Waals surface area (Å²) in [7, 11) is 0. The van der Waals surface area contributed by atoms with Gasteiger partial charge in [-0.15, -0.1) is 0 Å². The largest absolute Gasteiger partial charge is 0.352 e. The minimum absolute atomic E-state index is 0.211. The van der Waals surface area contributed by atoms with Gasteiger partial charge in [0, 0.05) is 6.04 Å². The van der Waals surface area contributed by atoms with Crippen molar-refractivity contribution in [3.05, 3.63) is 0 Å². The SMILES string of the molecule is CCSCCCNCC(=O)NC1CCC2(C)C(CCC3C2CCC2(C)C(C(C)CCCC(C)C)CCC32)C1. The predicted octanol–water partition coefficient (Wildman–Crippen LogP) is 8.33. The predicted molar refractivity (Wildman–Crippen MR) is 165 cm³/mol. The minimum atomic E-state index is 0.211. The molecule has 4 aliphatic rings. The van der Waals surface area contributed by atoms with Crippen LogP contribution < -0.4 is 10.6 Å². The van der Waals surface area contributed by atoms with Crippen molar-refractivity contribution in [3.8, 4) is 0 Å². The molecule has 0 aromatic heterocycles. The van der Waals surface area contributed by atoms with E-state index in [4.69, 9.17) is 0 Å². The third kappa shape index (κ3) is 6.80. The van der Waals surface area contributed by atoms with E-state index in [9.17, 15) is 4.79 Å². The fourth-order valence-corrected chi connectivity index (χ4v) is 11.0. The lowest BCUT2D eigenvalue weighted by molar-refractivity contribution is -0.127. The van der Waals surface area contributed by atoms with Crippen molar-refractivity contribution in [1.29, 1.82) is 0 Å². The second-order valence-corrected chi connectivity index (χ2v) is 16.3. The monoisotopic (exact) mass is 546 g/mol. The van der Waals surface area contributed by atoms with E-state index in [-0.39, 0.29) is 5.91 Å². The number of thioether (sulfide) groups is 1. The molecule has 3 nitrogen and oxygen atoms in total. The Morgan fingerprint density at radius 2 is 1.68 bits per heavy atom. The van der Waals surface area contributed by atoms with Crippen molar-refractivity contribution < 1.29 is 4.79 Å². The lowest BCUT2D eigenvalue weighted by Gasteiger charge is -2.61. The number of rotatable bonds is 13. The Kier molecular flexibility index (Phi) is 11.0. The molecule has 4 rings (SSSR count). The van der Waals surface area contributed by atoms with Gasteiger partial charge in [0.15, 0.2) is 0 Å². The van der Waals surface area contributed by atoms with Gasteiger partial charge in [-0.1, -0.05) is 60.8 Å². The van der Waals surface area contributed by atoms with Crippen LogP contribution >= 0.6 is 11.8 Å². The topological polar surface area (TPSA) is 41.1 Å². The molecule has 0 saturated heterocycles. The Morgan fingerprint density at radius 3 is 2.45 bits per heavy atom. The summed E-state index contributed by atoms with van der Waals surface area (Å²) < 4.78 is 0. The summed E-state index contributed by atoms with van der Waals surface area (Å²) in [5.41, 5.74) is 1.09. The van der Waals surface area contributed by atoms with Crippen LogP contribution in [0.1, 0.15) is 125 Å². The zero-order valence-corrected chi connectivity index (χ0v) is 26.8. The van der Waals surface area contributed by atoms with Crippen LogP contribution in [0.15, 0.2) is 0 Å². The van der Waals surface area contributed by atoms with Crippen molar-refractivity contribution in [3.63, 3.8) is 0 Å². The van der Waals surface area contributed by atoms with Crippen LogP contribution in [0.3, 0.4) is 0 Å². The van der Waals surface area contributed by atoms with E-state index in [1.807, 2.05) is 11.8 Å². The van der Waals surface area contributed by atoms with Gasteiger partial charge in [0.1, 0.15) is 0 Å². The van der Waals surface area contributed by atoms with Crippen LogP contribution in [0.5, 0.6) is 0 Å². The number of carbonyl (C=O) groups excluding carboxylic acids is 1. The highest BCUT2D eigenvalue weighted by Gasteiger charge is 2.60. The molecule has 1 amide bonds. The molecule has 9 unspecified atom stereocenters. The summed E-state index contributed by atoms with van der Waals surface area (Å²) in [6.45, 7) is 16.4. The number of hydrogen-bond acceptors (Lipinski definition) is 3. The highest BCUT2D eigenvalue weighted by atomic mass is 32.2. The van der Waals surface area contributed by atoms with Crippen molar-refractivity contribution in [2.24, 2.45) is 52.3 Å². The van der Waals surface area contributed by atoms with E-state index in [1.165, 1.54) is 88.6 Å². The Hall–Kier alpha value is -0.220. The molecule has 0 bridgehead atoms. The molecule has 4 aliphatic carbocycles. The van der Waals surface area contributed by atoms with Crippen LogP contribution in [0.4, 0.5) is 0 Å². The van der Waals surface area contributed by atoms with Crippen molar-refractivity contribution >= 4 is 17.7 Å².